The van der Waals surface area contributed by atoms with Crippen LogP contribution in [0.5, 0.6) is 0 Å². The van der Waals surface area contributed by atoms with E-state index in [0.717, 1.165) is 10.0 Å². The number of rotatable bonds is 8. The van der Waals surface area contributed by atoms with Crippen LogP contribution in [0.1, 0.15) is 18.1 Å². The van der Waals surface area contributed by atoms with Gasteiger partial charge in [-0.3, -0.25) is 9.59 Å². The summed E-state index contributed by atoms with van der Waals surface area (Å²) in [5.74, 6) is -2.64. The second-order valence-corrected chi connectivity index (χ2v) is 7.23. The lowest BCUT2D eigenvalue weighted by atomic mass is 10.0. The molecule has 6 nitrogen and oxygen atoms in total. The van der Waals surface area contributed by atoms with Crippen molar-refractivity contribution in [1.82, 2.24) is 10.6 Å². The Morgan fingerprint density at radius 2 is 1.43 bits per heavy atom. The molecule has 2 amide bonds. The summed E-state index contributed by atoms with van der Waals surface area (Å²) in [6, 6.07) is 10.5. The molecule has 2 atom stereocenters. The Balaban J connectivity index is 2.11. The first-order valence-electron chi connectivity index (χ1n) is 8.53. The van der Waals surface area contributed by atoms with Crippen molar-refractivity contribution in [3.8, 4) is 0 Å². The fraction of sp³-hybridized carbons (Fsp3) is 0.250. The van der Waals surface area contributed by atoms with Crippen molar-refractivity contribution in [2.45, 2.75) is 31.8 Å². The fourth-order valence-corrected chi connectivity index (χ4v) is 2.90. The lowest BCUT2D eigenvalue weighted by Gasteiger charge is -2.21. The molecule has 0 fully saturated rings. The Morgan fingerprint density at radius 3 is 1.93 bits per heavy atom. The van der Waals surface area contributed by atoms with E-state index in [1.54, 1.807) is 24.3 Å². The molecule has 0 aliphatic rings. The van der Waals surface area contributed by atoms with Gasteiger partial charge < -0.3 is 15.7 Å². The maximum absolute atomic E-state index is 13.1. The molecule has 148 valence electrons. The second-order valence-electron chi connectivity index (χ2n) is 6.31. The van der Waals surface area contributed by atoms with Crippen LogP contribution < -0.4 is 10.6 Å². The average molecular weight is 451 g/mol. The fourth-order valence-electron chi connectivity index (χ4n) is 2.64. The highest BCUT2D eigenvalue weighted by molar-refractivity contribution is 9.10. The minimum Gasteiger partial charge on any atom is -0.480 e. The molecule has 0 radical (unpaired) electrons. The number of benzene rings is 2. The van der Waals surface area contributed by atoms with Crippen LogP contribution in [0.15, 0.2) is 53.0 Å². The number of amides is 2. The van der Waals surface area contributed by atoms with E-state index >= 15 is 0 Å². The molecule has 0 saturated carbocycles. The highest BCUT2D eigenvalue weighted by Crippen LogP contribution is 2.12. The molecule has 0 saturated heterocycles. The third-order valence-corrected chi connectivity index (χ3v) is 4.54. The van der Waals surface area contributed by atoms with Gasteiger partial charge in [0.25, 0.3) is 0 Å². The third-order valence-electron chi connectivity index (χ3n) is 4.01. The Morgan fingerprint density at radius 1 is 0.929 bits per heavy atom. The van der Waals surface area contributed by atoms with Crippen LogP contribution in [0.3, 0.4) is 0 Å². The van der Waals surface area contributed by atoms with Crippen molar-refractivity contribution >= 4 is 33.7 Å². The molecule has 2 aromatic rings. The number of carboxylic acids is 1. The summed E-state index contributed by atoms with van der Waals surface area (Å²) in [7, 11) is 0. The maximum Gasteiger partial charge on any atom is 0.326 e. The van der Waals surface area contributed by atoms with Gasteiger partial charge in [-0.2, -0.15) is 0 Å². The standard InChI is InChI=1S/C20H20BrFN2O4/c1-12(25)23-17(10-14-4-8-16(22)9-5-14)19(26)24-18(20(27)28)11-13-2-6-15(21)7-3-13/h2-9,17-18H,10-11H2,1H3,(H,23,25)(H,24,26)(H,27,28)/t17-,18+/m1/s1. The number of halogens is 2. The van der Waals surface area contributed by atoms with Gasteiger partial charge >= 0.3 is 5.97 Å². The van der Waals surface area contributed by atoms with Gasteiger partial charge in [-0.1, -0.05) is 40.2 Å². The van der Waals surface area contributed by atoms with Gasteiger partial charge in [-0.05, 0) is 35.4 Å². The van der Waals surface area contributed by atoms with E-state index in [1.807, 2.05) is 0 Å². The summed E-state index contributed by atoms with van der Waals surface area (Å²) in [6.07, 6.45) is 0.202. The van der Waals surface area contributed by atoms with Gasteiger partial charge in [0.2, 0.25) is 11.8 Å². The highest BCUT2D eigenvalue weighted by Gasteiger charge is 2.26. The molecule has 0 heterocycles. The first-order chi connectivity index (χ1) is 13.2. The van der Waals surface area contributed by atoms with Crippen LogP contribution in [0.2, 0.25) is 0 Å². The van der Waals surface area contributed by atoms with Crippen molar-refractivity contribution in [1.29, 1.82) is 0 Å². The van der Waals surface area contributed by atoms with Crippen molar-refractivity contribution in [3.63, 3.8) is 0 Å². The number of carbonyl (C=O) groups is 3. The number of hydrogen-bond acceptors (Lipinski definition) is 3. The molecule has 2 rings (SSSR count). The molecule has 28 heavy (non-hydrogen) atoms. The van der Waals surface area contributed by atoms with Gasteiger partial charge in [0.15, 0.2) is 0 Å². The first-order valence-corrected chi connectivity index (χ1v) is 9.33. The van der Waals surface area contributed by atoms with E-state index in [-0.39, 0.29) is 12.8 Å². The summed E-state index contributed by atoms with van der Waals surface area (Å²) in [5, 5.41) is 14.5. The zero-order valence-corrected chi connectivity index (χ0v) is 16.7. The van der Waals surface area contributed by atoms with E-state index < -0.39 is 35.7 Å². The first kappa shape index (κ1) is 21.6. The minimum atomic E-state index is -1.18. The van der Waals surface area contributed by atoms with Gasteiger partial charge in [0.1, 0.15) is 17.9 Å². The Labute approximate surface area is 170 Å². The van der Waals surface area contributed by atoms with Crippen LogP contribution >= 0.6 is 15.9 Å². The highest BCUT2D eigenvalue weighted by atomic mass is 79.9. The van der Waals surface area contributed by atoms with E-state index in [0.29, 0.717) is 5.56 Å². The van der Waals surface area contributed by atoms with Crippen LogP contribution in [-0.2, 0) is 27.2 Å². The lowest BCUT2D eigenvalue weighted by molar-refractivity contribution is -0.142. The molecule has 0 unspecified atom stereocenters. The van der Waals surface area contributed by atoms with E-state index in [4.69, 9.17) is 0 Å². The monoisotopic (exact) mass is 450 g/mol. The number of hydrogen-bond donors (Lipinski definition) is 3. The van der Waals surface area contributed by atoms with Crippen LogP contribution in [0.25, 0.3) is 0 Å². The second kappa shape index (κ2) is 9.98. The Hall–Kier alpha value is -2.74. The summed E-state index contributed by atoms with van der Waals surface area (Å²) < 4.78 is 13.9. The Bertz CT molecular complexity index is 840. The maximum atomic E-state index is 13.1. The van der Waals surface area contributed by atoms with E-state index in [1.165, 1.54) is 31.2 Å². The SMILES string of the molecule is CC(=O)N[C@H](Cc1ccc(F)cc1)C(=O)N[C@@H](Cc1ccc(Br)cc1)C(=O)O. The van der Waals surface area contributed by atoms with Crippen molar-refractivity contribution in [3.05, 3.63) is 69.9 Å². The number of nitrogens with one attached hydrogen (secondary N) is 2. The topological polar surface area (TPSA) is 95.5 Å². The van der Waals surface area contributed by atoms with Crippen molar-refractivity contribution in [2.75, 3.05) is 0 Å². The van der Waals surface area contributed by atoms with E-state index in [2.05, 4.69) is 26.6 Å². The van der Waals surface area contributed by atoms with Gasteiger partial charge in [-0.15, -0.1) is 0 Å². The van der Waals surface area contributed by atoms with E-state index in [9.17, 15) is 23.9 Å². The quantitative estimate of drug-likeness (QED) is 0.575. The smallest absolute Gasteiger partial charge is 0.326 e. The van der Waals surface area contributed by atoms with Gasteiger partial charge in [0.05, 0.1) is 0 Å². The predicted molar refractivity (Wildman–Crippen MR) is 105 cm³/mol. The molecule has 0 spiro atoms. The zero-order valence-electron chi connectivity index (χ0n) is 15.1. The lowest BCUT2D eigenvalue weighted by Crippen LogP contribution is -2.52. The molecule has 0 aromatic heterocycles. The minimum absolute atomic E-state index is 0.0949. The van der Waals surface area contributed by atoms with Crippen LogP contribution in [0.4, 0.5) is 4.39 Å². The molecule has 8 heteroatoms. The van der Waals surface area contributed by atoms with Crippen LogP contribution in [0, 0.1) is 5.82 Å². The molecular formula is C20H20BrFN2O4. The van der Waals surface area contributed by atoms with Gasteiger partial charge in [-0.25, -0.2) is 9.18 Å². The molecule has 0 bridgehead atoms. The van der Waals surface area contributed by atoms with Gasteiger partial charge in [0, 0.05) is 24.2 Å². The normalized spacial score (nSPS) is 12.7. The summed E-state index contributed by atoms with van der Waals surface area (Å²) in [6.45, 7) is 1.27. The summed E-state index contributed by atoms with van der Waals surface area (Å²) in [4.78, 5) is 35.7. The average Bonchev–Trinajstić information content (AvgIpc) is 2.63. The van der Waals surface area contributed by atoms with Crippen molar-refractivity contribution < 1.29 is 23.9 Å². The third kappa shape index (κ3) is 6.77. The number of carboxylic acid groups (broad SMARTS) is 1. The Kier molecular flexibility index (Phi) is 7.69. The largest absolute Gasteiger partial charge is 0.480 e. The summed E-state index contributed by atoms with van der Waals surface area (Å²) >= 11 is 3.31. The number of carbonyl (C=O) groups excluding carboxylic acids is 2. The molecule has 2 aromatic carbocycles. The van der Waals surface area contributed by atoms with Crippen LogP contribution in [-0.4, -0.2) is 35.0 Å². The predicted octanol–water partition coefficient (Wildman–Crippen LogP) is 2.45. The molecule has 3 N–H and O–H groups in total. The van der Waals surface area contributed by atoms with Crippen molar-refractivity contribution in [2.24, 2.45) is 0 Å². The zero-order chi connectivity index (χ0) is 20.7. The molecule has 0 aliphatic carbocycles. The number of aliphatic carboxylic acids is 1. The molecule has 0 aliphatic heterocycles. The molecular weight excluding hydrogens is 431 g/mol. The summed E-state index contributed by atoms with van der Waals surface area (Å²) in [5.41, 5.74) is 1.38.